The van der Waals surface area contributed by atoms with Gasteiger partial charge in [0.1, 0.15) is 0 Å². The first-order valence-electron chi connectivity index (χ1n) is 6.22. The van der Waals surface area contributed by atoms with Gasteiger partial charge < -0.3 is 5.32 Å². The van der Waals surface area contributed by atoms with Gasteiger partial charge in [0.15, 0.2) is 11.6 Å². The summed E-state index contributed by atoms with van der Waals surface area (Å²) in [4.78, 5) is 4.09. The molecule has 0 spiro atoms. The summed E-state index contributed by atoms with van der Waals surface area (Å²) in [6.07, 6.45) is 7.58. The molecule has 0 radical (unpaired) electrons. The van der Waals surface area contributed by atoms with Crippen molar-refractivity contribution in [3.8, 4) is 0 Å². The topological polar surface area (TPSA) is 24.9 Å². The molecule has 0 saturated heterocycles. The van der Waals surface area contributed by atoms with Crippen LogP contribution >= 0.6 is 15.9 Å². The zero-order chi connectivity index (χ0) is 12.3. The first-order chi connectivity index (χ1) is 8.15. The van der Waals surface area contributed by atoms with E-state index in [1.807, 2.05) is 0 Å². The SMILES string of the molecule is CC1CCCC(Nc2ncc(Br)cc2F)CC1. The lowest BCUT2D eigenvalue weighted by Crippen LogP contribution is -2.20. The lowest BCUT2D eigenvalue weighted by Gasteiger charge is -2.17. The van der Waals surface area contributed by atoms with Gasteiger partial charge in [0, 0.05) is 16.7 Å². The standard InChI is InChI=1S/C13H18BrFN2/c1-9-3-2-4-11(6-5-9)17-13-12(15)7-10(14)8-16-13/h7-9,11H,2-6H2,1H3,(H,16,17). The first kappa shape index (κ1) is 12.8. The van der Waals surface area contributed by atoms with Crippen molar-refractivity contribution in [2.75, 3.05) is 5.32 Å². The zero-order valence-electron chi connectivity index (χ0n) is 10.0. The second-order valence-electron chi connectivity index (χ2n) is 4.94. The third-order valence-corrected chi connectivity index (χ3v) is 3.84. The Balaban J connectivity index is 2.00. The second-order valence-corrected chi connectivity index (χ2v) is 5.85. The Morgan fingerprint density at radius 1 is 1.35 bits per heavy atom. The number of nitrogens with one attached hydrogen (secondary N) is 1. The van der Waals surface area contributed by atoms with E-state index in [1.54, 1.807) is 6.20 Å². The normalized spacial score (nSPS) is 25.4. The van der Waals surface area contributed by atoms with Crippen molar-refractivity contribution in [3.05, 3.63) is 22.6 Å². The van der Waals surface area contributed by atoms with Crippen LogP contribution in [0.15, 0.2) is 16.7 Å². The smallest absolute Gasteiger partial charge is 0.166 e. The summed E-state index contributed by atoms with van der Waals surface area (Å²) in [7, 11) is 0. The van der Waals surface area contributed by atoms with Crippen molar-refractivity contribution in [3.63, 3.8) is 0 Å². The molecule has 0 amide bonds. The lowest BCUT2D eigenvalue weighted by molar-refractivity contribution is 0.501. The minimum Gasteiger partial charge on any atom is -0.365 e. The maximum absolute atomic E-state index is 13.6. The third-order valence-electron chi connectivity index (χ3n) is 3.41. The zero-order valence-corrected chi connectivity index (χ0v) is 11.6. The summed E-state index contributed by atoms with van der Waals surface area (Å²) in [5.74, 6) is 0.897. The number of pyridine rings is 1. The van der Waals surface area contributed by atoms with Crippen molar-refractivity contribution in [2.24, 2.45) is 5.92 Å². The third kappa shape index (κ3) is 3.66. The largest absolute Gasteiger partial charge is 0.365 e. The van der Waals surface area contributed by atoms with Crippen LogP contribution in [0.1, 0.15) is 39.0 Å². The monoisotopic (exact) mass is 300 g/mol. The minimum absolute atomic E-state index is 0.281. The summed E-state index contributed by atoms with van der Waals surface area (Å²) in [5.41, 5.74) is 0. The molecule has 1 aromatic heterocycles. The van der Waals surface area contributed by atoms with Crippen molar-refractivity contribution in [2.45, 2.75) is 45.1 Å². The van der Waals surface area contributed by atoms with Crippen LogP contribution in [-0.4, -0.2) is 11.0 Å². The Kier molecular flexibility index (Phi) is 4.37. The van der Waals surface area contributed by atoms with E-state index in [9.17, 15) is 4.39 Å². The molecule has 2 nitrogen and oxygen atoms in total. The van der Waals surface area contributed by atoms with Gasteiger partial charge in [-0.05, 0) is 47.2 Å². The minimum atomic E-state index is -0.281. The van der Waals surface area contributed by atoms with Gasteiger partial charge >= 0.3 is 0 Å². The highest BCUT2D eigenvalue weighted by molar-refractivity contribution is 9.10. The number of rotatable bonds is 2. The van der Waals surface area contributed by atoms with Gasteiger partial charge in [-0.25, -0.2) is 9.37 Å². The highest BCUT2D eigenvalue weighted by atomic mass is 79.9. The second kappa shape index (κ2) is 5.80. The van der Waals surface area contributed by atoms with Gasteiger partial charge in [0.05, 0.1) is 0 Å². The molecular formula is C13H18BrFN2. The van der Waals surface area contributed by atoms with Crippen LogP contribution in [0.2, 0.25) is 0 Å². The van der Waals surface area contributed by atoms with Crippen LogP contribution in [0.25, 0.3) is 0 Å². The van der Waals surface area contributed by atoms with Gasteiger partial charge in [0.25, 0.3) is 0 Å². The van der Waals surface area contributed by atoms with E-state index in [-0.39, 0.29) is 5.82 Å². The molecule has 0 aliphatic heterocycles. The van der Waals surface area contributed by atoms with Crippen LogP contribution in [-0.2, 0) is 0 Å². The van der Waals surface area contributed by atoms with Gasteiger partial charge in [-0.1, -0.05) is 19.8 Å². The average Bonchev–Trinajstić information content (AvgIpc) is 2.48. The molecule has 1 heterocycles. The van der Waals surface area contributed by atoms with Crippen LogP contribution in [0.3, 0.4) is 0 Å². The molecule has 94 valence electrons. The van der Waals surface area contributed by atoms with E-state index in [2.05, 4.69) is 33.2 Å². The fourth-order valence-electron chi connectivity index (χ4n) is 2.35. The summed E-state index contributed by atoms with van der Waals surface area (Å²) < 4.78 is 14.3. The van der Waals surface area contributed by atoms with Crippen LogP contribution < -0.4 is 5.32 Å². The number of nitrogens with zero attached hydrogens (tertiary/aromatic N) is 1. The van der Waals surface area contributed by atoms with E-state index < -0.39 is 0 Å². The number of halogens is 2. The van der Waals surface area contributed by atoms with E-state index in [0.29, 0.717) is 16.3 Å². The fraction of sp³-hybridized carbons (Fsp3) is 0.615. The van der Waals surface area contributed by atoms with Gasteiger partial charge in [-0.2, -0.15) is 0 Å². The predicted octanol–water partition coefficient (Wildman–Crippen LogP) is 4.36. The molecule has 17 heavy (non-hydrogen) atoms. The Morgan fingerprint density at radius 2 is 2.18 bits per heavy atom. The number of hydrogen-bond donors (Lipinski definition) is 1. The Bertz CT molecular complexity index is 384. The summed E-state index contributed by atoms with van der Waals surface area (Å²) >= 11 is 3.21. The molecule has 1 N–H and O–H groups in total. The van der Waals surface area contributed by atoms with Crippen molar-refractivity contribution in [1.29, 1.82) is 0 Å². The van der Waals surface area contributed by atoms with Gasteiger partial charge in [0.2, 0.25) is 0 Å². The highest BCUT2D eigenvalue weighted by Crippen LogP contribution is 2.25. The van der Waals surface area contributed by atoms with E-state index >= 15 is 0 Å². The average molecular weight is 301 g/mol. The van der Waals surface area contributed by atoms with E-state index in [0.717, 1.165) is 18.8 Å². The molecule has 1 saturated carbocycles. The Hall–Kier alpha value is -0.640. The summed E-state index contributed by atoms with van der Waals surface area (Å²) in [6.45, 7) is 2.29. The van der Waals surface area contributed by atoms with Crippen molar-refractivity contribution >= 4 is 21.7 Å². The molecule has 2 rings (SSSR count). The highest BCUT2D eigenvalue weighted by Gasteiger charge is 2.17. The summed E-state index contributed by atoms with van der Waals surface area (Å²) in [6, 6.07) is 1.82. The van der Waals surface area contributed by atoms with E-state index in [1.165, 1.54) is 25.3 Å². The molecule has 2 unspecified atom stereocenters. The molecule has 0 aromatic carbocycles. The number of anilines is 1. The van der Waals surface area contributed by atoms with Crippen LogP contribution in [0, 0.1) is 11.7 Å². The fourth-order valence-corrected chi connectivity index (χ4v) is 2.65. The van der Waals surface area contributed by atoms with Crippen LogP contribution in [0.4, 0.5) is 10.2 Å². The number of aromatic nitrogens is 1. The van der Waals surface area contributed by atoms with Gasteiger partial charge in [-0.15, -0.1) is 0 Å². The quantitative estimate of drug-likeness (QED) is 0.821. The molecule has 0 bridgehead atoms. The molecular weight excluding hydrogens is 283 g/mol. The number of hydrogen-bond acceptors (Lipinski definition) is 2. The molecule has 1 aliphatic rings. The van der Waals surface area contributed by atoms with Crippen molar-refractivity contribution in [1.82, 2.24) is 4.98 Å². The van der Waals surface area contributed by atoms with Gasteiger partial charge in [-0.3, -0.25) is 0 Å². The lowest BCUT2D eigenvalue weighted by atomic mass is 10.0. The van der Waals surface area contributed by atoms with Crippen LogP contribution in [0.5, 0.6) is 0 Å². The Labute approximate surface area is 110 Å². The maximum Gasteiger partial charge on any atom is 0.166 e. The predicted molar refractivity (Wildman–Crippen MR) is 71.6 cm³/mol. The van der Waals surface area contributed by atoms with Crippen molar-refractivity contribution < 1.29 is 4.39 Å². The molecule has 1 aromatic rings. The molecule has 1 aliphatic carbocycles. The maximum atomic E-state index is 13.6. The first-order valence-corrected chi connectivity index (χ1v) is 7.02. The molecule has 2 atom stereocenters. The van der Waals surface area contributed by atoms with E-state index in [4.69, 9.17) is 0 Å². The molecule has 1 fully saturated rings. The Morgan fingerprint density at radius 3 is 2.94 bits per heavy atom. The molecule has 4 heteroatoms. The summed E-state index contributed by atoms with van der Waals surface area (Å²) in [5, 5.41) is 3.23.